The van der Waals surface area contributed by atoms with E-state index < -0.39 is 82.9 Å². The van der Waals surface area contributed by atoms with Crippen LogP contribution < -0.4 is 10.1 Å². The lowest BCUT2D eigenvalue weighted by Gasteiger charge is -2.51. The van der Waals surface area contributed by atoms with Gasteiger partial charge in [0.15, 0.2) is 12.7 Å². The van der Waals surface area contributed by atoms with E-state index in [9.17, 15) is 28.2 Å². The highest BCUT2D eigenvalue weighted by molar-refractivity contribution is 7.86. The quantitative estimate of drug-likeness (QED) is 0.163. The number of nitrogens with one attached hydrogen (secondary N) is 1. The zero-order chi connectivity index (χ0) is 34.2. The Bertz CT molecular complexity index is 1680. The van der Waals surface area contributed by atoms with Crippen molar-refractivity contribution in [3.63, 3.8) is 0 Å². The van der Waals surface area contributed by atoms with Crippen LogP contribution in [0, 0.1) is 0 Å². The second kappa shape index (κ2) is 15.5. The minimum Gasteiger partial charge on any atom is -0.484 e. The highest BCUT2D eigenvalue weighted by atomic mass is 32.2. The number of ether oxygens (including phenoxy) is 4. The fraction of sp³-hybridized carbons (Fsp3) is 0.286. The highest BCUT2D eigenvalue weighted by Gasteiger charge is 2.60. The molecule has 3 aromatic rings. The van der Waals surface area contributed by atoms with Crippen LogP contribution in [0.4, 0.5) is 0 Å². The summed E-state index contributed by atoms with van der Waals surface area (Å²) in [4.78, 5) is 66.5. The maximum absolute atomic E-state index is 14.3. The fourth-order valence-corrected chi connectivity index (χ4v) is 7.43. The number of hydrogen-bond donors (Lipinski definition) is 1. The molecule has 5 rings (SSSR count). The number of β-lactam (4-membered cyclic amide) rings is 1. The van der Waals surface area contributed by atoms with Gasteiger partial charge < -0.3 is 24.3 Å². The first kappa shape index (κ1) is 34.0. The van der Waals surface area contributed by atoms with Gasteiger partial charge in [-0.3, -0.25) is 28.3 Å². The van der Waals surface area contributed by atoms with Crippen LogP contribution in [-0.4, -0.2) is 75.3 Å². The van der Waals surface area contributed by atoms with Crippen LogP contribution >= 0.6 is 0 Å². The number of hydrogen-bond acceptors (Lipinski definition) is 10. The van der Waals surface area contributed by atoms with Crippen molar-refractivity contribution in [1.82, 2.24) is 10.2 Å². The SMILES string of the molecule is CCOC(=O)C[C@@H]1C(COC(C)=O)=C(C(=O)OC(c2ccccc2)c2ccccc2)N2C(=O)[C@@H](NC(=O)COc3ccccc3)[C@H]2S1=O. The first-order valence-corrected chi connectivity index (χ1v) is 16.5. The molecule has 0 bridgehead atoms. The van der Waals surface area contributed by atoms with E-state index in [1.165, 1.54) is 0 Å². The number of fused-ring (bicyclic) bond motifs is 1. The summed E-state index contributed by atoms with van der Waals surface area (Å²) in [6, 6.07) is 25.1. The summed E-state index contributed by atoms with van der Waals surface area (Å²) >= 11 is 0. The van der Waals surface area contributed by atoms with Gasteiger partial charge in [-0.1, -0.05) is 78.9 Å². The topological polar surface area (TPSA) is 155 Å². The minimum absolute atomic E-state index is 0.0387. The monoisotopic (exact) mass is 674 g/mol. The van der Waals surface area contributed by atoms with Crippen molar-refractivity contribution in [2.75, 3.05) is 19.8 Å². The van der Waals surface area contributed by atoms with Gasteiger partial charge in [0.1, 0.15) is 29.5 Å². The largest absolute Gasteiger partial charge is 0.484 e. The second-order valence-corrected chi connectivity index (χ2v) is 12.5. The van der Waals surface area contributed by atoms with Crippen molar-refractivity contribution in [3.8, 4) is 5.75 Å². The molecule has 1 unspecified atom stereocenters. The summed E-state index contributed by atoms with van der Waals surface area (Å²) in [5, 5.41) is 0.0996. The zero-order valence-electron chi connectivity index (χ0n) is 26.2. The third-order valence-corrected chi connectivity index (χ3v) is 9.61. The summed E-state index contributed by atoms with van der Waals surface area (Å²) < 4.78 is 36.1. The minimum atomic E-state index is -2.07. The molecule has 2 amide bonds. The zero-order valence-corrected chi connectivity index (χ0v) is 27.1. The molecule has 12 nitrogen and oxygen atoms in total. The van der Waals surface area contributed by atoms with Crippen molar-refractivity contribution in [2.45, 2.75) is 43.0 Å². The van der Waals surface area contributed by atoms with Gasteiger partial charge in [-0.2, -0.15) is 0 Å². The molecule has 48 heavy (non-hydrogen) atoms. The van der Waals surface area contributed by atoms with E-state index in [-0.39, 0.29) is 17.9 Å². The van der Waals surface area contributed by atoms with Crippen LogP contribution in [0.3, 0.4) is 0 Å². The van der Waals surface area contributed by atoms with E-state index in [0.29, 0.717) is 16.9 Å². The summed E-state index contributed by atoms with van der Waals surface area (Å²) in [6.45, 7) is 1.82. The van der Waals surface area contributed by atoms with E-state index in [1.807, 2.05) is 12.1 Å². The lowest BCUT2D eigenvalue weighted by Crippen LogP contribution is -2.75. The first-order valence-electron chi connectivity index (χ1n) is 15.2. The molecule has 0 spiro atoms. The van der Waals surface area contributed by atoms with Crippen molar-refractivity contribution in [2.24, 2.45) is 0 Å². The van der Waals surface area contributed by atoms with E-state index in [1.54, 1.807) is 85.8 Å². The lowest BCUT2D eigenvalue weighted by atomic mass is 9.98. The molecule has 13 heteroatoms. The molecular weight excluding hydrogens is 640 g/mol. The van der Waals surface area contributed by atoms with Crippen LogP contribution in [0.1, 0.15) is 37.5 Å². The number of amides is 2. The van der Waals surface area contributed by atoms with Gasteiger partial charge in [0.05, 0.1) is 29.1 Å². The van der Waals surface area contributed by atoms with Crippen molar-refractivity contribution >= 4 is 40.5 Å². The smallest absolute Gasteiger partial charge is 0.356 e. The number of rotatable bonds is 13. The van der Waals surface area contributed by atoms with Gasteiger partial charge in [0.2, 0.25) is 0 Å². The van der Waals surface area contributed by atoms with E-state index >= 15 is 0 Å². The molecule has 0 aromatic heterocycles. The molecule has 0 aliphatic carbocycles. The Hall–Kier alpha value is -5.30. The molecule has 4 atom stereocenters. The maximum atomic E-state index is 14.3. The third kappa shape index (κ3) is 7.63. The Labute approximate surface area is 279 Å². The molecule has 1 saturated heterocycles. The fourth-order valence-electron chi connectivity index (χ4n) is 5.46. The number of carbonyl (C=O) groups is 5. The Morgan fingerprint density at radius 3 is 2.02 bits per heavy atom. The van der Waals surface area contributed by atoms with E-state index in [0.717, 1.165) is 11.8 Å². The summed E-state index contributed by atoms with van der Waals surface area (Å²) in [5.74, 6) is -3.37. The van der Waals surface area contributed by atoms with Gasteiger partial charge in [0, 0.05) is 12.5 Å². The number of carbonyl (C=O) groups excluding carboxylic acids is 5. The average molecular weight is 675 g/mol. The summed E-state index contributed by atoms with van der Waals surface area (Å²) in [7, 11) is -2.07. The van der Waals surface area contributed by atoms with E-state index in [4.69, 9.17) is 18.9 Å². The number of nitrogens with zero attached hydrogens (tertiary/aromatic N) is 1. The van der Waals surface area contributed by atoms with Gasteiger partial charge in [-0.15, -0.1) is 0 Å². The predicted octanol–water partition coefficient (Wildman–Crippen LogP) is 2.95. The van der Waals surface area contributed by atoms with Gasteiger partial charge >= 0.3 is 17.9 Å². The average Bonchev–Trinajstić information content (AvgIpc) is 3.09. The maximum Gasteiger partial charge on any atom is 0.356 e. The molecule has 2 heterocycles. The van der Waals surface area contributed by atoms with Crippen LogP contribution in [-0.2, 0) is 49.0 Å². The molecule has 250 valence electrons. The Kier molecular flexibility index (Phi) is 11.0. The lowest BCUT2D eigenvalue weighted by molar-refractivity contribution is -0.155. The van der Waals surface area contributed by atoms with Crippen LogP contribution in [0.15, 0.2) is 102 Å². The van der Waals surface area contributed by atoms with Gasteiger partial charge in [-0.05, 0) is 30.2 Å². The Morgan fingerprint density at radius 1 is 0.875 bits per heavy atom. The third-order valence-electron chi connectivity index (χ3n) is 7.64. The van der Waals surface area contributed by atoms with Crippen LogP contribution in [0.25, 0.3) is 0 Å². The molecule has 2 aliphatic rings. The summed E-state index contributed by atoms with van der Waals surface area (Å²) in [6.07, 6.45) is -1.37. The van der Waals surface area contributed by atoms with Crippen molar-refractivity contribution in [3.05, 3.63) is 113 Å². The Balaban J connectivity index is 1.51. The number of para-hydroxylation sites is 1. The number of esters is 3. The molecule has 0 radical (unpaired) electrons. The number of benzene rings is 3. The highest BCUT2D eigenvalue weighted by Crippen LogP contribution is 2.41. The summed E-state index contributed by atoms with van der Waals surface area (Å²) in [5.41, 5.74) is 0.916. The van der Waals surface area contributed by atoms with Gasteiger partial charge in [0.25, 0.3) is 11.8 Å². The standard InChI is InChI=1S/C35H34N2O10S/c1-3-44-29(40)19-27-26(20-45-22(2)38)31(35(42)47-32(23-13-7-4-8-14-23)24-15-9-5-10-16-24)37-33(41)30(34(37)48(27)43)36-28(39)21-46-25-17-11-6-12-18-25/h4-18,27,30,32,34H,3,19-21H2,1-2H3,(H,36,39)/t27-,30-,34-,48?/m1/s1. The molecular formula is C35H34N2O10S. The predicted molar refractivity (Wildman–Crippen MR) is 172 cm³/mol. The first-order chi connectivity index (χ1) is 23.2. The van der Waals surface area contributed by atoms with Crippen LogP contribution in [0.5, 0.6) is 5.75 Å². The molecule has 1 fully saturated rings. The van der Waals surface area contributed by atoms with E-state index in [2.05, 4.69) is 5.32 Å². The van der Waals surface area contributed by atoms with Crippen molar-refractivity contribution in [1.29, 1.82) is 0 Å². The normalized spacial score (nSPS) is 19.9. The van der Waals surface area contributed by atoms with Gasteiger partial charge in [-0.25, -0.2) is 4.79 Å². The second-order valence-electron chi connectivity index (χ2n) is 10.8. The van der Waals surface area contributed by atoms with Crippen LogP contribution in [0.2, 0.25) is 0 Å². The molecule has 1 N–H and O–H groups in total. The molecule has 3 aromatic carbocycles. The Morgan fingerprint density at radius 2 is 1.46 bits per heavy atom. The molecule has 2 aliphatic heterocycles. The molecule has 0 saturated carbocycles. The van der Waals surface area contributed by atoms with Crippen molar-refractivity contribution < 1.29 is 47.1 Å².